The molecule has 1 unspecified atom stereocenters. The van der Waals surface area contributed by atoms with Gasteiger partial charge in [0.25, 0.3) is 0 Å². The second-order valence-corrected chi connectivity index (χ2v) is 5.29. The Balaban J connectivity index is 2.57. The van der Waals surface area contributed by atoms with Crippen LogP contribution in [0.25, 0.3) is 0 Å². The highest BCUT2D eigenvalue weighted by atomic mass is 32.2. The fourth-order valence-corrected chi connectivity index (χ4v) is 2.30. The number of amides is 2. The van der Waals surface area contributed by atoms with Crippen LogP contribution in [0.15, 0.2) is 29.2 Å². The molecule has 0 saturated heterocycles. The average molecular weight is 296 g/mol. The van der Waals surface area contributed by atoms with Gasteiger partial charge >= 0.3 is 12.0 Å². The number of hydrogen-bond donors (Lipinski definition) is 3. The monoisotopic (exact) mass is 296 g/mol. The van der Waals surface area contributed by atoms with Gasteiger partial charge in [0.2, 0.25) is 0 Å². The van der Waals surface area contributed by atoms with Gasteiger partial charge in [0.1, 0.15) is 0 Å². The minimum absolute atomic E-state index is 0.0634. The summed E-state index contributed by atoms with van der Waals surface area (Å²) < 4.78 is 0. The van der Waals surface area contributed by atoms with Gasteiger partial charge in [-0.1, -0.05) is 19.4 Å². The summed E-state index contributed by atoms with van der Waals surface area (Å²) in [5.74, 6) is -0.909. The van der Waals surface area contributed by atoms with E-state index < -0.39 is 5.97 Å². The molecule has 6 heteroatoms. The van der Waals surface area contributed by atoms with Crippen molar-refractivity contribution < 1.29 is 14.7 Å². The van der Waals surface area contributed by atoms with Crippen LogP contribution in [0.1, 0.15) is 26.2 Å². The summed E-state index contributed by atoms with van der Waals surface area (Å²) >= 11 is 1.59. The van der Waals surface area contributed by atoms with Crippen LogP contribution in [-0.4, -0.2) is 29.4 Å². The molecular formula is C14H20N2O3S. The van der Waals surface area contributed by atoms with E-state index in [-0.39, 0.29) is 18.5 Å². The van der Waals surface area contributed by atoms with Gasteiger partial charge in [-0.2, -0.15) is 0 Å². The van der Waals surface area contributed by atoms with Crippen molar-refractivity contribution in [2.75, 3.05) is 11.6 Å². The summed E-state index contributed by atoms with van der Waals surface area (Å²) in [6, 6.07) is 6.77. The summed E-state index contributed by atoms with van der Waals surface area (Å²) in [6.45, 7) is 1.95. The van der Waals surface area contributed by atoms with Gasteiger partial charge in [0, 0.05) is 16.6 Å². The van der Waals surface area contributed by atoms with Crippen LogP contribution in [0.3, 0.4) is 0 Å². The molecule has 1 atom stereocenters. The number of hydrogen-bond acceptors (Lipinski definition) is 3. The fourth-order valence-electron chi connectivity index (χ4n) is 1.84. The molecule has 0 radical (unpaired) electrons. The van der Waals surface area contributed by atoms with Crippen LogP contribution in [0.5, 0.6) is 0 Å². The number of carboxylic acid groups (broad SMARTS) is 1. The molecule has 0 heterocycles. The van der Waals surface area contributed by atoms with Crippen molar-refractivity contribution in [3.63, 3.8) is 0 Å². The molecular weight excluding hydrogens is 276 g/mol. The highest BCUT2D eigenvalue weighted by Crippen LogP contribution is 2.18. The number of rotatable bonds is 7. The molecule has 1 aromatic carbocycles. The summed E-state index contributed by atoms with van der Waals surface area (Å²) in [7, 11) is 0. The van der Waals surface area contributed by atoms with Crippen LogP contribution in [-0.2, 0) is 4.79 Å². The predicted molar refractivity (Wildman–Crippen MR) is 81.3 cm³/mol. The van der Waals surface area contributed by atoms with Gasteiger partial charge in [-0.3, -0.25) is 4.79 Å². The van der Waals surface area contributed by atoms with E-state index >= 15 is 0 Å². The van der Waals surface area contributed by atoms with Gasteiger partial charge in [-0.25, -0.2) is 4.79 Å². The Morgan fingerprint density at radius 3 is 2.75 bits per heavy atom. The van der Waals surface area contributed by atoms with E-state index in [0.29, 0.717) is 12.1 Å². The van der Waals surface area contributed by atoms with E-state index in [1.54, 1.807) is 17.8 Å². The number of benzene rings is 1. The van der Waals surface area contributed by atoms with Gasteiger partial charge in [-0.15, -0.1) is 11.8 Å². The molecule has 5 nitrogen and oxygen atoms in total. The predicted octanol–water partition coefficient (Wildman–Crippen LogP) is 3.17. The fraction of sp³-hybridized carbons (Fsp3) is 0.429. The first-order chi connectivity index (χ1) is 9.55. The van der Waals surface area contributed by atoms with E-state index in [0.717, 1.165) is 11.3 Å². The maximum absolute atomic E-state index is 11.9. The number of carbonyl (C=O) groups excluding carboxylic acids is 1. The summed E-state index contributed by atoms with van der Waals surface area (Å²) in [4.78, 5) is 23.6. The van der Waals surface area contributed by atoms with Crippen molar-refractivity contribution in [2.45, 2.75) is 37.1 Å². The molecule has 0 aliphatic heterocycles. The van der Waals surface area contributed by atoms with Gasteiger partial charge in [0.05, 0.1) is 6.42 Å². The van der Waals surface area contributed by atoms with E-state index in [4.69, 9.17) is 5.11 Å². The molecule has 20 heavy (non-hydrogen) atoms. The lowest BCUT2D eigenvalue weighted by Crippen LogP contribution is -2.39. The highest BCUT2D eigenvalue weighted by Gasteiger charge is 2.15. The van der Waals surface area contributed by atoms with Gasteiger partial charge in [-0.05, 0) is 30.9 Å². The highest BCUT2D eigenvalue weighted by molar-refractivity contribution is 7.98. The van der Waals surface area contributed by atoms with Crippen LogP contribution in [0.4, 0.5) is 10.5 Å². The molecule has 0 fully saturated rings. The summed E-state index contributed by atoms with van der Waals surface area (Å²) in [5, 5.41) is 14.2. The Bertz CT molecular complexity index is 465. The Labute approximate surface area is 123 Å². The molecule has 3 N–H and O–H groups in total. The third kappa shape index (κ3) is 5.97. The van der Waals surface area contributed by atoms with Crippen molar-refractivity contribution in [1.29, 1.82) is 0 Å². The quantitative estimate of drug-likeness (QED) is 0.675. The molecule has 0 aliphatic carbocycles. The Morgan fingerprint density at radius 1 is 1.40 bits per heavy atom. The average Bonchev–Trinajstić information content (AvgIpc) is 2.38. The third-order valence-corrected chi connectivity index (χ3v) is 3.45. The largest absolute Gasteiger partial charge is 0.481 e. The maximum atomic E-state index is 11.9. The molecule has 0 aliphatic rings. The van der Waals surface area contributed by atoms with Crippen molar-refractivity contribution in [3.8, 4) is 0 Å². The first kappa shape index (κ1) is 16.4. The number of anilines is 1. The van der Waals surface area contributed by atoms with Crippen LogP contribution < -0.4 is 10.6 Å². The second kappa shape index (κ2) is 8.47. The zero-order valence-corrected chi connectivity index (χ0v) is 12.5. The van der Waals surface area contributed by atoms with Gasteiger partial charge in [0.15, 0.2) is 0 Å². The number of aliphatic carboxylic acids is 1. The molecule has 0 aromatic heterocycles. The Morgan fingerprint density at radius 2 is 2.15 bits per heavy atom. The number of urea groups is 1. The van der Waals surface area contributed by atoms with Gasteiger partial charge < -0.3 is 15.7 Å². The topological polar surface area (TPSA) is 78.4 Å². The van der Waals surface area contributed by atoms with Crippen molar-refractivity contribution in [2.24, 2.45) is 0 Å². The Hall–Kier alpha value is -1.69. The SMILES string of the molecule is CCCC(CC(=O)O)NC(=O)Nc1cccc(SC)c1. The molecule has 0 spiro atoms. The number of thioether (sulfide) groups is 1. The lowest BCUT2D eigenvalue weighted by atomic mass is 10.1. The van der Waals surface area contributed by atoms with Crippen molar-refractivity contribution in [3.05, 3.63) is 24.3 Å². The molecule has 0 saturated carbocycles. The maximum Gasteiger partial charge on any atom is 0.319 e. The number of nitrogens with one attached hydrogen (secondary N) is 2. The first-order valence-corrected chi connectivity index (χ1v) is 7.71. The zero-order valence-electron chi connectivity index (χ0n) is 11.7. The lowest BCUT2D eigenvalue weighted by molar-refractivity contribution is -0.137. The van der Waals surface area contributed by atoms with Crippen molar-refractivity contribution >= 4 is 29.4 Å². The number of carbonyl (C=O) groups is 2. The second-order valence-electron chi connectivity index (χ2n) is 4.41. The first-order valence-electron chi connectivity index (χ1n) is 6.48. The van der Waals surface area contributed by atoms with Crippen LogP contribution in [0.2, 0.25) is 0 Å². The third-order valence-electron chi connectivity index (χ3n) is 2.72. The van der Waals surface area contributed by atoms with Crippen LogP contribution in [0, 0.1) is 0 Å². The van der Waals surface area contributed by atoms with Crippen molar-refractivity contribution in [1.82, 2.24) is 5.32 Å². The minimum Gasteiger partial charge on any atom is -0.481 e. The number of carboxylic acids is 1. The lowest BCUT2D eigenvalue weighted by Gasteiger charge is -2.16. The Kier molecular flexibility index (Phi) is 6.93. The summed E-state index contributed by atoms with van der Waals surface area (Å²) in [5.41, 5.74) is 0.694. The molecule has 0 bridgehead atoms. The van der Waals surface area contributed by atoms with E-state index in [1.807, 2.05) is 31.4 Å². The molecule has 1 aromatic rings. The molecule has 110 valence electrons. The van der Waals surface area contributed by atoms with E-state index in [2.05, 4.69) is 10.6 Å². The molecule has 2 amide bonds. The minimum atomic E-state index is -0.909. The molecule has 1 rings (SSSR count). The van der Waals surface area contributed by atoms with Crippen LogP contribution >= 0.6 is 11.8 Å². The standard InChI is InChI=1S/C14H20N2O3S/c1-3-5-10(9-13(17)18)15-14(19)16-11-6-4-7-12(8-11)20-2/h4,6-8,10H,3,5,9H2,1-2H3,(H,17,18)(H2,15,16,19). The normalized spacial score (nSPS) is 11.7. The smallest absolute Gasteiger partial charge is 0.319 e. The van der Waals surface area contributed by atoms with E-state index in [1.165, 1.54) is 0 Å². The zero-order chi connectivity index (χ0) is 15.0. The van der Waals surface area contributed by atoms with E-state index in [9.17, 15) is 9.59 Å². The summed E-state index contributed by atoms with van der Waals surface area (Å²) in [6.07, 6.45) is 3.36.